The normalized spacial score (nSPS) is 14.6. The average Bonchev–Trinajstić information content (AvgIpc) is 3.28. The number of pyridine rings is 2. The first-order valence-electron chi connectivity index (χ1n) is 13.0. The van der Waals surface area contributed by atoms with Crippen LogP contribution in [-0.2, 0) is 24.3 Å². The zero-order chi connectivity index (χ0) is 29.4. The molecule has 1 fully saturated rings. The van der Waals surface area contributed by atoms with Gasteiger partial charge >= 0.3 is 5.97 Å². The number of aromatic carboxylic acids is 1. The van der Waals surface area contributed by atoms with Gasteiger partial charge in [-0.1, -0.05) is 12.1 Å². The number of hydrogen-bond acceptors (Lipinski definition) is 6. The van der Waals surface area contributed by atoms with Crippen molar-refractivity contribution in [2.24, 2.45) is 0 Å². The van der Waals surface area contributed by atoms with Gasteiger partial charge in [0.05, 0.1) is 18.3 Å². The number of aromatic nitrogens is 4. The molecule has 1 atom stereocenters. The van der Waals surface area contributed by atoms with Crippen LogP contribution in [0, 0.1) is 23.3 Å². The number of ether oxygens (including phenoxy) is 2. The van der Waals surface area contributed by atoms with Crippen molar-refractivity contribution < 1.29 is 36.9 Å². The van der Waals surface area contributed by atoms with Crippen LogP contribution in [0.1, 0.15) is 33.9 Å². The summed E-state index contributed by atoms with van der Waals surface area (Å²) in [4.78, 5) is 24.4. The van der Waals surface area contributed by atoms with Crippen LogP contribution in [0.15, 0.2) is 60.7 Å². The number of imidazole rings is 1. The summed E-state index contributed by atoms with van der Waals surface area (Å²) in [6.45, 7) is 0.637. The Morgan fingerprint density at radius 1 is 0.929 bits per heavy atom. The minimum atomic E-state index is -1.17. The van der Waals surface area contributed by atoms with Gasteiger partial charge in [0.15, 0.2) is 17.2 Å². The number of carbonyl (C=O) groups is 1. The van der Waals surface area contributed by atoms with Crippen molar-refractivity contribution in [2.45, 2.75) is 32.1 Å². The lowest BCUT2D eigenvalue weighted by Crippen LogP contribution is -2.32. The van der Waals surface area contributed by atoms with E-state index >= 15 is 4.39 Å². The predicted octanol–water partition coefficient (Wildman–Crippen LogP) is 5.71. The molecule has 4 heterocycles. The summed E-state index contributed by atoms with van der Waals surface area (Å²) in [5.74, 6) is -4.04. The highest BCUT2D eigenvalue weighted by Gasteiger charge is 2.24. The van der Waals surface area contributed by atoms with Crippen molar-refractivity contribution in [3.8, 4) is 17.1 Å². The van der Waals surface area contributed by atoms with Crippen LogP contribution in [0.4, 0.5) is 17.6 Å². The van der Waals surface area contributed by atoms with Gasteiger partial charge in [0.1, 0.15) is 35.4 Å². The van der Waals surface area contributed by atoms with Crippen molar-refractivity contribution in [1.82, 2.24) is 19.5 Å². The molecule has 1 N–H and O–H groups in total. The van der Waals surface area contributed by atoms with Gasteiger partial charge in [-0.25, -0.2) is 37.3 Å². The molecule has 0 radical (unpaired) electrons. The number of hydrogen-bond donors (Lipinski definition) is 1. The summed E-state index contributed by atoms with van der Waals surface area (Å²) >= 11 is 0. The van der Waals surface area contributed by atoms with E-state index < -0.39 is 35.1 Å². The maximum absolute atomic E-state index is 15.4. The lowest BCUT2D eigenvalue weighted by molar-refractivity contribution is -0.0590. The fraction of sp³-hybridized carbons (Fsp3) is 0.200. The second kappa shape index (κ2) is 11.2. The first-order chi connectivity index (χ1) is 20.2. The SMILES string of the molecule is O=C(O)c1ccc2nc(Cc3ccc(-c4ccc(F)c(OCc5ccc(F)cc5F)n4)cc3F)n(CC3CCO3)c2n1. The summed E-state index contributed by atoms with van der Waals surface area (Å²) in [7, 11) is 0. The Hall–Kier alpha value is -4.84. The van der Waals surface area contributed by atoms with Gasteiger partial charge in [0.25, 0.3) is 5.88 Å². The highest BCUT2D eigenvalue weighted by Crippen LogP contribution is 2.27. The van der Waals surface area contributed by atoms with E-state index in [1.807, 2.05) is 0 Å². The van der Waals surface area contributed by atoms with Crippen molar-refractivity contribution in [3.05, 3.63) is 107 Å². The molecule has 5 aromatic rings. The van der Waals surface area contributed by atoms with E-state index in [0.29, 0.717) is 47.3 Å². The fourth-order valence-corrected chi connectivity index (χ4v) is 4.62. The molecule has 42 heavy (non-hydrogen) atoms. The molecule has 1 aliphatic rings. The van der Waals surface area contributed by atoms with Gasteiger partial charge in [-0.2, -0.15) is 0 Å². The Bertz CT molecular complexity index is 1820. The van der Waals surface area contributed by atoms with E-state index in [1.165, 1.54) is 24.3 Å². The van der Waals surface area contributed by atoms with Crippen LogP contribution >= 0.6 is 0 Å². The molecule has 6 rings (SSSR count). The summed E-state index contributed by atoms with van der Waals surface area (Å²) in [5, 5.41) is 9.38. The lowest BCUT2D eigenvalue weighted by Gasteiger charge is -2.27. The number of nitrogens with zero attached hydrogens (tertiary/aromatic N) is 4. The van der Waals surface area contributed by atoms with Crippen molar-refractivity contribution >= 4 is 17.1 Å². The summed E-state index contributed by atoms with van der Waals surface area (Å²) in [6.07, 6.45) is 0.839. The highest BCUT2D eigenvalue weighted by molar-refractivity contribution is 5.88. The largest absolute Gasteiger partial charge is 0.477 e. The molecule has 8 nitrogen and oxygen atoms in total. The Kier molecular flexibility index (Phi) is 7.29. The number of fused-ring (bicyclic) bond motifs is 1. The van der Waals surface area contributed by atoms with E-state index in [-0.39, 0.29) is 36.1 Å². The second-order valence-corrected chi connectivity index (χ2v) is 9.76. The molecule has 1 saturated heterocycles. The first-order valence-corrected chi connectivity index (χ1v) is 13.0. The molecule has 1 unspecified atom stereocenters. The van der Waals surface area contributed by atoms with Gasteiger partial charge < -0.3 is 19.1 Å². The fourth-order valence-electron chi connectivity index (χ4n) is 4.62. The van der Waals surface area contributed by atoms with Crippen LogP contribution < -0.4 is 4.74 Å². The van der Waals surface area contributed by atoms with Crippen LogP contribution in [-0.4, -0.2) is 43.3 Å². The Morgan fingerprint density at radius 3 is 2.43 bits per heavy atom. The summed E-state index contributed by atoms with van der Waals surface area (Å²) in [5.41, 5.74) is 1.62. The van der Waals surface area contributed by atoms with Crippen molar-refractivity contribution in [1.29, 1.82) is 0 Å². The van der Waals surface area contributed by atoms with Gasteiger partial charge in [-0.15, -0.1) is 0 Å². The monoisotopic (exact) mass is 578 g/mol. The smallest absolute Gasteiger partial charge is 0.354 e. The summed E-state index contributed by atoms with van der Waals surface area (Å²) in [6, 6.07) is 12.8. The van der Waals surface area contributed by atoms with E-state index in [9.17, 15) is 23.1 Å². The number of benzene rings is 2. The van der Waals surface area contributed by atoms with Crippen LogP contribution in [0.3, 0.4) is 0 Å². The molecule has 214 valence electrons. The molecule has 0 amide bonds. The van der Waals surface area contributed by atoms with Crippen molar-refractivity contribution in [2.75, 3.05) is 6.61 Å². The molecule has 0 spiro atoms. The molecule has 0 saturated carbocycles. The molecule has 0 bridgehead atoms. The zero-order valence-electron chi connectivity index (χ0n) is 21.9. The van der Waals surface area contributed by atoms with Gasteiger partial charge in [-0.3, -0.25) is 0 Å². The van der Waals surface area contributed by atoms with E-state index in [0.717, 1.165) is 18.6 Å². The Labute approximate surface area is 236 Å². The molecule has 1 aliphatic heterocycles. The topological polar surface area (TPSA) is 99.4 Å². The average molecular weight is 579 g/mol. The maximum atomic E-state index is 15.4. The second-order valence-electron chi connectivity index (χ2n) is 9.76. The maximum Gasteiger partial charge on any atom is 0.354 e. The first kappa shape index (κ1) is 27.3. The number of halogens is 4. The third-order valence-electron chi connectivity index (χ3n) is 6.96. The molecule has 12 heteroatoms. The van der Waals surface area contributed by atoms with Crippen LogP contribution in [0.2, 0.25) is 0 Å². The van der Waals surface area contributed by atoms with Gasteiger partial charge in [0, 0.05) is 30.2 Å². The molecular weight excluding hydrogens is 556 g/mol. The van der Waals surface area contributed by atoms with E-state index in [4.69, 9.17) is 9.47 Å². The molecule has 0 aliphatic carbocycles. The summed E-state index contributed by atoms with van der Waals surface area (Å²) < 4.78 is 69.5. The van der Waals surface area contributed by atoms with Gasteiger partial charge in [0.2, 0.25) is 0 Å². The van der Waals surface area contributed by atoms with E-state index in [2.05, 4.69) is 15.0 Å². The Balaban J connectivity index is 1.25. The lowest BCUT2D eigenvalue weighted by atomic mass is 10.1. The quantitative estimate of drug-likeness (QED) is 0.224. The minimum Gasteiger partial charge on any atom is -0.477 e. The standard InChI is InChI=1S/C30H22F4N4O4/c31-19-4-3-18(23(34)13-19)15-42-29-21(32)5-6-24(37-29)17-2-1-16(22(33)11-17)12-27-35-25-7-8-26(30(39)40)36-28(25)38(27)14-20-9-10-41-20/h1-8,11,13,20H,9-10,12,14-15H2,(H,39,40). The molecule has 2 aromatic carbocycles. The van der Waals surface area contributed by atoms with E-state index in [1.54, 1.807) is 22.8 Å². The highest BCUT2D eigenvalue weighted by atomic mass is 19.1. The third kappa shape index (κ3) is 5.53. The predicted molar refractivity (Wildman–Crippen MR) is 142 cm³/mol. The van der Waals surface area contributed by atoms with Gasteiger partial charge in [-0.05, 0) is 54.4 Å². The molecular formula is C30H22F4N4O4. The van der Waals surface area contributed by atoms with Crippen LogP contribution in [0.25, 0.3) is 22.4 Å². The molecule has 3 aromatic heterocycles. The number of carboxylic acid groups (broad SMARTS) is 1. The number of rotatable bonds is 9. The Morgan fingerprint density at radius 2 is 1.71 bits per heavy atom. The third-order valence-corrected chi connectivity index (χ3v) is 6.96. The zero-order valence-corrected chi connectivity index (χ0v) is 21.9. The minimum absolute atomic E-state index is 0.0164. The number of carboxylic acids is 1. The van der Waals surface area contributed by atoms with Crippen molar-refractivity contribution in [3.63, 3.8) is 0 Å². The van der Waals surface area contributed by atoms with Crippen LogP contribution in [0.5, 0.6) is 5.88 Å².